The summed E-state index contributed by atoms with van der Waals surface area (Å²) in [4.78, 5) is 75.1. The molecule has 26 heteroatoms. The Morgan fingerprint density at radius 1 is 0.609 bits per heavy atom. The molecule has 6 aromatic rings. The number of ether oxygens (including phenoxy) is 4. The van der Waals surface area contributed by atoms with Gasteiger partial charge in [-0.15, -0.1) is 0 Å². The minimum absolute atomic E-state index is 0.0124. The average molecular weight is 1370 g/mol. The number of benzene rings is 4. The third kappa shape index (κ3) is 18.1. The maximum atomic E-state index is 12.8. The molecule has 2 N–H and O–H groups in total. The van der Waals surface area contributed by atoms with E-state index in [2.05, 4.69) is 15.9 Å². The van der Waals surface area contributed by atoms with E-state index in [1.807, 2.05) is 60.6 Å². The minimum Gasteiger partial charge on any atom is -0.460 e. The van der Waals surface area contributed by atoms with E-state index in [9.17, 15) is 49.6 Å². The molecular weight excluding hydrogens is 1300 g/mol. The van der Waals surface area contributed by atoms with Crippen molar-refractivity contribution < 1.29 is 76.3 Å². The number of nitro groups is 2. The molecule has 3 aliphatic heterocycles. The predicted molar refractivity (Wildman–Crippen MR) is 349 cm³/mol. The zero-order chi connectivity index (χ0) is 67.8. The van der Waals surface area contributed by atoms with Gasteiger partial charge in [-0.1, -0.05) is 51.3 Å². The Balaban J connectivity index is 0.000000206. The van der Waals surface area contributed by atoms with Crippen LogP contribution in [0.15, 0.2) is 128 Å². The van der Waals surface area contributed by atoms with E-state index >= 15 is 0 Å². The summed E-state index contributed by atoms with van der Waals surface area (Å²) in [6.07, 6.45) is 1.34. The van der Waals surface area contributed by atoms with Crippen LogP contribution in [0.5, 0.6) is 0 Å². The summed E-state index contributed by atoms with van der Waals surface area (Å²) < 4.78 is 45.1. The molecule has 0 aliphatic carbocycles. The second-order valence-corrected chi connectivity index (χ2v) is 26.3. The Bertz CT molecular complexity index is 3740. The number of hydrogen-bond acceptors (Lipinski definition) is 18. The molecule has 2 atom stereocenters. The number of nitrogens with zero attached hydrogens (tertiary/aromatic N) is 4. The smallest absolute Gasteiger partial charge is 0.460 e. The van der Waals surface area contributed by atoms with E-state index in [1.54, 1.807) is 99.0 Å². The number of aliphatic hydroxyl groups excluding tert-OH is 2. The Morgan fingerprint density at radius 3 is 1.39 bits per heavy atom. The quantitative estimate of drug-likeness (QED) is 0.0337. The van der Waals surface area contributed by atoms with Gasteiger partial charge in [0.05, 0.1) is 45.4 Å². The van der Waals surface area contributed by atoms with Crippen molar-refractivity contribution in [3.05, 3.63) is 189 Å². The van der Waals surface area contributed by atoms with Gasteiger partial charge in [-0.3, -0.25) is 20.2 Å². The van der Waals surface area contributed by atoms with Gasteiger partial charge in [0.25, 0.3) is 11.4 Å². The first-order valence-electron chi connectivity index (χ1n) is 29.5. The number of amides is 2. The van der Waals surface area contributed by atoms with Crippen molar-refractivity contribution in [2.45, 2.75) is 131 Å². The zero-order valence-electron chi connectivity index (χ0n) is 53.1. The lowest BCUT2D eigenvalue weighted by Gasteiger charge is -2.32. The lowest BCUT2D eigenvalue weighted by molar-refractivity contribution is -0.386. The first-order chi connectivity index (χ1) is 43.1. The van der Waals surface area contributed by atoms with Gasteiger partial charge in [-0.05, 0) is 197 Å². The number of aliphatic hydroxyl groups is 2. The number of carbonyl (C=O) groups is 4. The van der Waals surface area contributed by atoms with Gasteiger partial charge in [0.1, 0.15) is 34.9 Å². The highest BCUT2D eigenvalue weighted by molar-refractivity contribution is 9.10. The van der Waals surface area contributed by atoms with Crippen molar-refractivity contribution in [3.63, 3.8) is 0 Å². The molecule has 0 saturated carbocycles. The van der Waals surface area contributed by atoms with Gasteiger partial charge in [0, 0.05) is 75.1 Å². The lowest BCUT2D eigenvalue weighted by Crippen LogP contribution is -2.41. The van der Waals surface area contributed by atoms with Crippen LogP contribution in [-0.4, -0.2) is 123 Å². The number of nitro benzene ring substituents is 2. The van der Waals surface area contributed by atoms with Crippen LogP contribution in [0, 0.1) is 20.2 Å². The van der Waals surface area contributed by atoms with Crippen LogP contribution in [0.3, 0.4) is 0 Å². The summed E-state index contributed by atoms with van der Waals surface area (Å²) in [5.74, 6) is -1.52. The highest BCUT2D eigenvalue weighted by Crippen LogP contribution is 2.42. The molecule has 2 aromatic heterocycles. The summed E-state index contributed by atoms with van der Waals surface area (Å²) in [5.41, 5.74) is 1.54. The number of hydrogen-bond donors (Lipinski definition) is 2. The van der Waals surface area contributed by atoms with Crippen LogP contribution in [0.4, 0.5) is 21.0 Å². The fourth-order valence-corrected chi connectivity index (χ4v) is 10.3. The summed E-state index contributed by atoms with van der Waals surface area (Å²) in [6.45, 7) is 24.5. The van der Waals surface area contributed by atoms with Gasteiger partial charge in [-0.2, -0.15) is 0 Å². The SMILES string of the molecule is CC(C)(C)OC(=O)N1CC=C(B2OC(C)(C)C(C)(C)O2)CC1.CCOC(=O)c1oc(-c2ccc(Cl)cc2)cc1C(O)c1cc(Br)ccc1[N+](=O)[O-].CCOC(=O)c1oc(-c2ccc(Cl)cc2)cc1C(O)c1cc(C2=CCN(C(=O)OC(C)(C)C)CC2)ccc1[N+](=O)[O-]. The van der Waals surface area contributed by atoms with Crippen LogP contribution in [0.1, 0.15) is 157 Å². The minimum atomic E-state index is -1.58. The van der Waals surface area contributed by atoms with E-state index in [-0.39, 0.29) is 94.3 Å². The maximum Gasteiger partial charge on any atom is 0.490 e. The summed E-state index contributed by atoms with van der Waals surface area (Å²) >= 11 is 15.1. The van der Waals surface area contributed by atoms with Crippen molar-refractivity contribution in [2.24, 2.45) is 0 Å². The summed E-state index contributed by atoms with van der Waals surface area (Å²) in [5, 5.41) is 46.8. The zero-order valence-corrected chi connectivity index (χ0v) is 56.2. The van der Waals surface area contributed by atoms with Crippen LogP contribution >= 0.6 is 39.1 Å². The average Bonchev–Trinajstić information content (AvgIpc) is 1.57. The molecular formula is C66H74BBrCl2N4O18. The maximum absolute atomic E-state index is 12.8. The van der Waals surface area contributed by atoms with Gasteiger partial charge in [0.2, 0.25) is 11.5 Å². The van der Waals surface area contributed by atoms with Gasteiger partial charge in [-0.25, -0.2) is 19.2 Å². The van der Waals surface area contributed by atoms with Crippen molar-refractivity contribution in [3.8, 4) is 22.6 Å². The Labute approximate surface area is 551 Å². The van der Waals surface area contributed by atoms with Crippen molar-refractivity contribution in [2.75, 3.05) is 39.4 Å². The molecule has 1 fully saturated rings. The molecule has 1 saturated heterocycles. The van der Waals surface area contributed by atoms with Gasteiger partial charge in [0.15, 0.2) is 0 Å². The van der Waals surface area contributed by atoms with Crippen LogP contribution in [-0.2, 0) is 28.3 Å². The standard InChI is InChI=1S/C30H31ClN2O8.C20H15BrClNO6.C16H28BNO4/c1-5-39-28(35)27-23(17-25(40-27)19-6-9-21(31)10-7-19)26(34)22-16-20(8-11-24(22)33(37)38)18-12-14-32(15-13-18)29(36)41-30(2,3)4;1-2-28-20(25)19-15(10-17(29-19)11-3-6-13(22)7-4-11)18(24)14-9-12(21)5-8-16(14)23(26)27;1-14(2,3)20-13(19)18-10-8-12(9-11-18)17-21-15(4,5)16(6,7)22-17/h6-12,16-17,26,34H,5,13-15H2,1-4H3;3-10,18,24H,2H2,1H3;8H,9-11H2,1-7H3. The normalized spacial score (nSPS) is 15.9. The van der Waals surface area contributed by atoms with E-state index in [0.717, 1.165) is 17.5 Å². The molecule has 9 rings (SSSR count). The summed E-state index contributed by atoms with van der Waals surface area (Å²) in [6, 6.07) is 24.9. The molecule has 0 spiro atoms. The molecule has 490 valence electrons. The highest BCUT2D eigenvalue weighted by atomic mass is 79.9. The monoisotopic (exact) mass is 1370 g/mol. The van der Waals surface area contributed by atoms with Crippen molar-refractivity contribution in [1.82, 2.24) is 9.80 Å². The van der Waals surface area contributed by atoms with E-state index in [4.69, 9.17) is 60.3 Å². The molecule has 22 nitrogen and oxygen atoms in total. The van der Waals surface area contributed by atoms with Gasteiger partial charge >= 0.3 is 31.2 Å². The molecule has 92 heavy (non-hydrogen) atoms. The van der Waals surface area contributed by atoms with E-state index in [0.29, 0.717) is 63.8 Å². The molecule has 5 heterocycles. The molecule has 0 bridgehead atoms. The molecule has 2 amide bonds. The van der Waals surface area contributed by atoms with Crippen LogP contribution < -0.4 is 0 Å². The second-order valence-electron chi connectivity index (χ2n) is 24.5. The first-order valence-corrected chi connectivity index (χ1v) is 31.1. The molecule has 3 aliphatic rings. The van der Waals surface area contributed by atoms with E-state index in [1.165, 1.54) is 42.5 Å². The summed E-state index contributed by atoms with van der Waals surface area (Å²) in [7, 11) is -0.314. The number of carbonyl (C=O) groups excluding carboxylic acids is 4. The number of rotatable bonds is 14. The number of esters is 2. The largest absolute Gasteiger partial charge is 0.490 e. The molecule has 2 unspecified atom stereocenters. The first kappa shape index (κ1) is 71.6. The number of halogens is 3. The van der Waals surface area contributed by atoms with Crippen molar-refractivity contribution in [1.29, 1.82) is 0 Å². The van der Waals surface area contributed by atoms with Gasteiger partial charge < -0.3 is 57.1 Å². The predicted octanol–water partition coefficient (Wildman–Crippen LogP) is 15.5. The lowest BCUT2D eigenvalue weighted by atomic mass is 9.75. The Hall–Kier alpha value is -7.84. The van der Waals surface area contributed by atoms with Crippen LogP contribution in [0.25, 0.3) is 28.2 Å². The van der Waals surface area contributed by atoms with Crippen LogP contribution in [0.2, 0.25) is 10.0 Å². The fraction of sp³-hybridized carbons (Fsp3) is 0.394. The second kappa shape index (κ2) is 29.8. The molecule has 0 radical (unpaired) electrons. The fourth-order valence-electron chi connectivity index (χ4n) is 9.64. The third-order valence-corrected chi connectivity index (χ3v) is 16.0. The topological polar surface area (TPSA) is 283 Å². The highest BCUT2D eigenvalue weighted by Gasteiger charge is 2.52. The number of furan rings is 2. The molecule has 4 aromatic carbocycles. The Morgan fingerprint density at radius 2 is 1.01 bits per heavy atom. The van der Waals surface area contributed by atoms with E-state index < -0.39 is 51.3 Å². The van der Waals surface area contributed by atoms with Crippen molar-refractivity contribution >= 4 is 87.3 Å². The Kier molecular flexibility index (Phi) is 23.2. The third-order valence-electron chi connectivity index (χ3n) is 15.0.